The lowest BCUT2D eigenvalue weighted by Gasteiger charge is -2.41. The first-order chi connectivity index (χ1) is 17.1. The molecule has 1 amide bonds. The lowest BCUT2D eigenvalue weighted by molar-refractivity contribution is 0.0145. The Labute approximate surface area is 225 Å². The highest BCUT2D eigenvalue weighted by molar-refractivity contribution is 9.10. The summed E-state index contributed by atoms with van der Waals surface area (Å²) in [6, 6.07) is 6.21. The average Bonchev–Trinajstić information content (AvgIpc) is 3.22. The minimum Gasteiger partial charge on any atom is -0.462 e. The smallest absolute Gasteiger partial charge is 0.410 e. The van der Waals surface area contributed by atoms with Crippen LogP contribution in [0.3, 0.4) is 0 Å². The molecular weight excluding hydrogens is 548 g/mol. The van der Waals surface area contributed by atoms with Crippen LogP contribution in [0.2, 0.25) is 5.02 Å². The van der Waals surface area contributed by atoms with E-state index in [1.165, 1.54) is 0 Å². The molecule has 4 rings (SSSR count). The van der Waals surface area contributed by atoms with Crippen LogP contribution in [0, 0.1) is 11.3 Å². The van der Waals surface area contributed by atoms with Crippen molar-refractivity contribution in [3.05, 3.63) is 21.6 Å². The maximum atomic E-state index is 12.8. The van der Waals surface area contributed by atoms with Crippen molar-refractivity contribution in [2.75, 3.05) is 44.7 Å². The highest BCUT2D eigenvalue weighted by atomic mass is 79.9. The summed E-state index contributed by atoms with van der Waals surface area (Å²) in [4.78, 5) is 28.3. The molecule has 194 valence electrons. The van der Waals surface area contributed by atoms with Crippen LogP contribution in [0.5, 0.6) is 6.01 Å². The summed E-state index contributed by atoms with van der Waals surface area (Å²) in [5.41, 5.74) is 0.0929. The Hall–Kier alpha value is -2.35. The predicted molar refractivity (Wildman–Crippen MR) is 143 cm³/mol. The monoisotopic (exact) mass is 578 g/mol. The van der Waals surface area contributed by atoms with E-state index in [2.05, 4.69) is 43.8 Å². The molecule has 0 N–H and O–H groups in total. The second-order valence-electron chi connectivity index (χ2n) is 10.3. The zero-order valence-corrected chi connectivity index (χ0v) is 23.5. The second-order valence-corrected chi connectivity index (χ2v) is 11.6. The molecule has 2 aromatic rings. The SMILES string of the molecule is CN1CCCC1COc1nc(N2CCN(C(=O)OC(C)(C)C)[C@@H](CC#N)C2)c2cc(Cl)c(Br)cc2n1. The van der Waals surface area contributed by atoms with Crippen molar-refractivity contribution in [2.24, 2.45) is 0 Å². The number of carbonyl (C=O) groups excluding carboxylic acids is 1. The van der Waals surface area contributed by atoms with Gasteiger partial charge in [0.2, 0.25) is 0 Å². The molecule has 1 aromatic heterocycles. The molecule has 2 aliphatic rings. The van der Waals surface area contributed by atoms with E-state index in [0.717, 1.165) is 29.2 Å². The van der Waals surface area contributed by atoms with Crippen molar-refractivity contribution < 1.29 is 14.3 Å². The molecule has 1 unspecified atom stereocenters. The normalized spacial score (nSPS) is 21.0. The van der Waals surface area contributed by atoms with E-state index in [9.17, 15) is 10.1 Å². The molecule has 0 spiro atoms. The molecule has 9 nitrogen and oxygen atoms in total. The summed E-state index contributed by atoms with van der Waals surface area (Å²) in [5, 5.41) is 10.8. The largest absolute Gasteiger partial charge is 0.462 e. The zero-order chi connectivity index (χ0) is 26.0. The predicted octanol–water partition coefficient (Wildman–Crippen LogP) is 4.86. The average molecular weight is 580 g/mol. The van der Waals surface area contributed by atoms with Crippen LogP contribution in [-0.2, 0) is 4.74 Å². The number of amides is 1. The van der Waals surface area contributed by atoms with E-state index in [-0.39, 0.29) is 12.5 Å². The maximum Gasteiger partial charge on any atom is 0.410 e. The van der Waals surface area contributed by atoms with Crippen LogP contribution >= 0.6 is 27.5 Å². The molecule has 2 saturated heterocycles. The molecule has 2 atom stereocenters. The molecular formula is C25H32BrClN6O3. The number of carbonyl (C=O) groups is 1. The third kappa shape index (κ3) is 6.13. The first-order valence-electron chi connectivity index (χ1n) is 12.2. The molecule has 11 heteroatoms. The molecule has 0 radical (unpaired) electrons. The zero-order valence-electron chi connectivity index (χ0n) is 21.1. The maximum absolute atomic E-state index is 12.8. The lowest BCUT2D eigenvalue weighted by atomic mass is 10.1. The van der Waals surface area contributed by atoms with Gasteiger partial charge >= 0.3 is 12.1 Å². The van der Waals surface area contributed by atoms with Gasteiger partial charge < -0.3 is 24.2 Å². The second kappa shape index (κ2) is 11.0. The standard InChI is InChI=1S/C25H32BrClN6O3/c1-25(2,3)36-24(34)33-11-10-32(14-16(33)7-8-28)22-18-12-20(27)19(26)13-21(18)29-23(30-22)35-15-17-6-5-9-31(17)4/h12-13,16-17H,5-7,9-11,14-15H2,1-4H3/t16-,17?/m0/s1. The molecule has 3 heterocycles. The molecule has 0 aliphatic carbocycles. The summed E-state index contributed by atoms with van der Waals surface area (Å²) >= 11 is 9.93. The number of halogens is 2. The number of benzene rings is 1. The number of fused-ring (bicyclic) bond motifs is 1. The number of aromatic nitrogens is 2. The van der Waals surface area contributed by atoms with Gasteiger partial charge in [0.15, 0.2) is 0 Å². The minimum atomic E-state index is -0.613. The van der Waals surface area contributed by atoms with E-state index in [1.807, 2.05) is 32.9 Å². The first-order valence-corrected chi connectivity index (χ1v) is 13.3. The Kier molecular flexibility index (Phi) is 8.12. The molecule has 2 fully saturated rings. The fourth-order valence-electron chi connectivity index (χ4n) is 4.64. The van der Waals surface area contributed by atoms with Crippen molar-refractivity contribution in [1.29, 1.82) is 5.26 Å². The number of likely N-dealkylation sites (tertiary alicyclic amines) is 1. The molecule has 1 aromatic carbocycles. The number of nitriles is 1. The lowest BCUT2D eigenvalue weighted by Crippen LogP contribution is -2.56. The number of hydrogen-bond acceptors (Lipinski definition) is 8. The van der Waals surface area contributed by atoms with Crippen molar-refractivity contribution in [2.45, 2.75) is 57.7 Å². The fourth-order valence-corrected chi connectivity index (χ4v) is 5.14. The summed E-state index contributed by atoms with van der Waals surface area (Å²) in [7, 11) is 2.10. The van der Waals surface area contributed by atoms with E-state index in [4.69, 9.17) is 26.1 Å². The molecule has 36 heavy (non-hydrogen) atoms. The highest BCUT2D eigenvalue weighted by Crippen LogP contribution is 2.34. The Morgan fingerprint density at radius 2 is 2.03 bits per heavy atom. The Balaban J connectivity index is 1.63. The van der Waals surface area contributed by atoms with Crippen LogP contribution < -0.4 is 9.64 Å². The number of piperazine rings is 1. The van der Waals surface area contributed by atoms with Crippen LogP contribution in [0.25, 0.3) is 10.9 Å². The van der Waals surface area contributed by atoms with E-state index in [0.29, 0.717) is 54.7 Å². The molecule has 2 aliphatic heterocycles. The number of anilines is 1. The van der Waals surface area contributed by atoms with Gasteiger partial charge in [0.05, 0.1) is 29.1 Å². The van der Waals surface area contributed by atoms with Gasteiger partial charge in [-0.15, -0.1) is 0 Å². The Morgan fingerprint density at radius 3 is 2.69 bits per heavy atom. The molecule has 0 saturated carbocycles. The van der Waals surface area contributed by atoms with Gasteiger partial charge in [-0.3, -0.25) is 0 Å². The van der Waals surface area contributed by atoms with Gasteiger partial charge in [-0.25, -0.2) is 4.79 Å². The van der Waals surface area contributed by atoms with Gasteiger partial charge in [-0.2, -0.15) is 15.2 Å². The van der Waals surface area contributed by atoms with Crippen molar-refractivity contribution in [3.63, 3.8) is 0 Å². The highest BCUT2D eigenvalue weighted by Gasteiger charge is 2.34. The quantitative estimate of drug-likeness (QED) is 0.496. The van der Waals surface area contributed by atoms with Gasteiger partial charge in [-0.05, 0) is 75.3 Å². The van der Waals surface area contributed by atoms with E-state index in [1.54, 1.807) is 4.90 Å². The number of rotatable bonds is 5. The summed E-state index contributed by atoms with van der Waals surface area (Å²) < 4.78 is 12.4. The van der Waals surface area contributed by atoms with Crippen LogP contribution in [0.1, 0.15) is 40.0 Å². The van der Waals surface area contributed by atoms with Crippen molar-refractivity contribution in [1.82, 2.24) is 19.8 Å². The topological polar surface area (TPSA) is 94.8 Å². The third-order valence-electron chi connectivity index (χ3n) is 6.51. The summed E-state index contributed by atoms with van der Waals surface area (Å²) in [6.07, 6.45) is 2.01. The third-order valence-corrected chi connectivity index (χ3v) is 7.71. The van der Waals surface area contributed by atoms with Crippen LogP contribution in [0.4, 0.5) is 10.6 Å². The van der Waals surface area contributed by atoms with Crippen molar-refractivity contribution in [3.8, 4) is 12.1 Å². The Morgan fingerprint density at radius 1 is 1.25 bits per heavy atom. The number of nitrogens with zero attached hydrogens (tertiary/aromatic N) is 6. The fraction of sp³-hybridized carbons (Fsp3) is 0.600. The number of hydrogen-bond donors (Lipinski definition) is 0. The van der Waals surface area contributed by atoms with Crippen LogP contribution in [-0.4, -0.2) is 83.4 Å². The van der Waals surface area contributed by atoms with Crippen LogP contribution in [0.15, 0.2) is 16.6 Å². The first kappa shape index (κ1) is 26.7. The summed E-state index contributed by atoms with van der Waals surface area (Å²) in [5.74, 6) is 0.677. The number of likely N-dealkylation sites (N-methyl/N-ethyl adjacent to an activating group) is 1. The van der Waals surface area contributed by atoms with Gasteiger partial charge in [0.25, 0.3) is 0 Å². The van der Waals surface area contributed by atoms with Crippen molar-refractivity contribution >= 4 is 50.3 Å². The van der Waals surface area contributed by atoms with Gasteiger partial charge in [0, 0.05) is 35.5 Å². The molecule has 0 bridgehead atoms. The van der Waals surface area contributed by atoms with E-state index >= 15 is 0 Å². The number of ether oxygens (including phenoxy) is 2. The Bertz CT molecular complexity index is 1170. The summed E-state index contributed by atoms with van der Waals surface area (Å²) in [6.45, 7) is 8.43. The van der Waals surface area contributed by atoms with Gasteiger partial charge in [0.1, 0.15) is 18.0 Å². The van der Waals surface area contributed by atoms with E-state index < -0.39 is 11.7 Å². The van der Waals surface area contributed by atoms with Gasteiger partial charge in [-0.1, -0.05) is 11.6 Å². The minimum absolute atomic E-state index is 0.183.